The molecule has 8 nitrogen and oxygen atoms in total. The van der Waals surface area contributed by atoms with Gasteiger partial charge < -0.3 is 39.0 Å². The van der Waals surface area contributed by atoms with Gasteiger partial charge in [-0.3, -0.25) is 0 Å². The van der Waals surface area contributed by atoms with Gasteiger partial charge in [-0.05, 0) is 6.42 Å². The molecule has 3 N–H and O–H groups in total. The zero-order valence-corrected chi connectivity index (χ0v) is 14.1. The van der Waals surface area contributed by atoms with Gasteiger partial charge in [0, 0.05) is 0 Å². The Morgan fingerprint density at radius 1 is 1.00 bits per heavy atom. The van der Waals surface area contributed by atoms with Gasteiger partial charge in [0.1, 0.15) is 11.7 Å². The van der Waals surface area contributed by atoms with Crippen LogP contribution in [-0.4, -0.2) is 99.2 Å². The summed E-state index contributed by atoms with van der Waals surface area (Å²) >= 11 is 0. The number of hydrogen-bond donors (Lipinski definition) is 3. The molecule has 142 valence electrons. The van der Waals surface area contributed by atoms with Gasteiger partial charge in [-0.25, -0.2) is 0 Å². The summed E-state index contributed by atoms with van der Waals surface area (Å²) in [7, 11) is 0. The van der Waals surface area contributed by atoms with Crippen LogP contribution in [0.4, 0.5) is 0 Å². The van der Waals surface area contributed by atoms with Crippen molar-refractivity contribution in [3.05, 3.63) is 12.7 Å². The van der Waals surface area contributed by atoms with Gasteiger partial charge in [0.05, 0.1) is 72.2 Å². The lowest BCUT2D eigenvalue weighted by Crippen LogP contribution is -2.60. The van der Waals surface area contributed by atoms with Crippen molar-refractivity contribution in [2.45, 2.75) is 24.2 Å². The first kappa shape index (κ1) is 21.5. The zero-order chi connectivity index (χ0) is 17.7. The summed E-state index contributed by atoms with van der Waals surface area (Å²) in [6.07, 6.45) is -0.0699. The highest BCUT2D eigenvalue weighted by atomic mass is 16.6. The van der Waals surface area contributed by atoms with E-state index in [0.717, 1.165) is 0 Å². The Hall–Kier alpha value is -0.580. The van der Waals surface area contributed by atoms with Gasteiger partial charge in [-0.2, -0.15) is 0 Å². The van der Waals surface area contributed by atoms with Crippen LogP contribution in [0.1, 0.15) is 6.42 Å². The third-order valence-electron chi connectivity index (χ3n) is 3.67. The van der Waals surface area contributed by atoms with E-state index in [2.05, 4.69) is 6.58 Å². The van der Waals surface area contributed by atoms with Crippen molar-refractivity contribution in [1.82, 2.24) is 0 Å². The Labute approximate surface area is 142 Å². The highest BCUT2D eigenvalue weighted by molar-refractivity contribution is 4.95. The summed E-state index contributed by atoms with van der Waals surface area (Å²) in [6.45, 7) is 6.47. The fourth-order valence-corrected chi connectivity index (χ4v) is 2.26. The van der Waals surface area contributed by atoms with Crippen LogP contribution in [0.3, 0.4) is 0 Å². The number of aliphatic hydroxyl groups is 3. The van der Waals surface area contributed by atoms with Crippen LogP contribution in [0, 0.1) is 0 Å². The number of aliphatic hydroxyl groups excluding tert-OH is 3. The second-order valence-corrected chi connectivity index (χ2v) is 5.51. The standard InChI is InChI=1S/C16H30O8/c1-2-4-20-6-7-21-8-9-22-10-11-23-13-16(12-17)15(19)14(18)3-5-24-16/h2,14-15,17-19H,1,3-13H2/t14-,15-,16-/m1/s1. The summed E-state index contributed by atoms with van der Waals surface area (Å²) in [5.41, 5.74) is -1.27. The van der Waals surface area contributed by atoms with Crippen molar-refractivity contribution in [1.29, 1.82) is 0 Å². The van der Waals surface area contributed by atoms with Crippen LogP contribution >= 0.6 is 0 Å². The molecule has 0 aromatic heterocycles. The van der Waals surface area contributed by atoms with E-state index in [9.17, 15) is 15.3 Å². The Balaban J connectivity index is 2.00. The molecule has 0 spiro atoms. The lowest BCUT2D eigenvalue weighted by molar-refractivity contribution is -0.232. The summed E-state index contributed by atoms with van der Waals surface area (Å²) < 4.78 is 26.6. The molecule has 0 bridgehead atoms. The van der Waals surface area contributed by atoms with Crippen LogP contribution in [0.2, 0.25) is 0 Å². The summed E-state index contributed by atoms with van der Waals surface area (Å²) in [5.74, 6) is 0. The Morgan fingerprint density at radius 2 is 1.58 bits per heavy atom. The maximum absolute atomic E-state index is 9.99. The molecule has 0 radical (unpaired) electrons. The van der Waals surface area contributed by atoms with Gasteiger partial charge in [0.2, 0.25) is 0 Å². The predicted octanol–water partition coefficient (Wildman–Crippen LogP) is -0.888. The minimum atomic E-state index is -1.27. The van der Waals surface area contributed by atoms with Crippen molar-refractivity contribution in [2.24, 2.45) is 0 Å². The van der Waals surface area contributed by atoms with Crippen LogP contribution in [0.25, 0.3) is 0 Å². The van der Waals surface area contributed by atoms with E-state index < -0.39 is 24.4 Å². The van der Waals surface area contributed by atoms with E-state index in [0.29, 0.717) is 46.1 Å². The van der Waals surface area contributed by atoms with Crippen LogP contribution < -0.4 is 0 Å². The largest absolute Gasteiger partial charge is 0.393 e. The lowest BCUT2D eigenvalue weighted by Gasteiger charge is -2.42. The maximum atomic E-state index is 9.99. The average molecular weight is 350 g/mol. The summed E-state index contributed by atoms with van der Waals surface area (Å²) in [4.78, 5) is 0. The first-order valence-corrected chi connectivity index (χ1v) is 8.19. The second kappa shape index (κ2) is 12.7. The molecule has 0 unspecified atom stereocenters. The van der Waals surface area contributed by atoms with Crippen LogP contribution in [0.5, 0.6) is 0 Å². The fourth-order valence-electron chi connectivity index (χ4n) is 2.26. The summed E-state index contributed by atoms with van der Waals surface area (Å²) in [5, 5.41) is 29.1. The van der Waals surface area contributed by atoms with Crippen LogP contribution in [-0.2, 0) is 23.7 Å². The molecule has 0 aliphatic carbocycles. The van der Waals surface area contributed by atoms with Crippen molar-refractivity contribution in [3.8, 4) is 0 Å². The molecule has 3 atom stereocenters. The molecule has 1 rings (SSSR count). The predicted molar refractivity (Wildman–Crippen MR) is 85.9 cm³/mol. The molecule has 0 amide bonds. The average Bonchev–Trinajstić information content (AvgIpc) is 2.59. The topological polar surface area (TPSA) is 107 Å². The molecule has 1 saturated heterocycles. The Kier molecular flexibility index (Phi) is 11.4. The van der Waals surface area contributed by atoms with E-state index in [-0.39, 0.29) is 19.8 Å². The molecular formula is C16H30O8. The highest BCUT2D eigenvalue weighted by Gasteiger charge is 2.45. The molecule has 0 aromatic carbocycles. The SMILES string of the molecule is C=CCOCCOCCOCCOC[C@@]1(CO)OCC[C@@H](O)[C@H]1O. The van der Waals surface area contributed by atoms with E-state index >= 15 is 0 Å². The number of rotatable bonds is 14. The normalized spacial score (nSPS) is 27.3. The molecule has 1 heterocycles. The molecule has 24 heavy (non-hydrogen) atoms. The van der Waals surface area contributed by atoms with Crippen molar-refractivity contribution >= 4 is 0 Å². The van der Waals surface area contributed by atoms with Gasteiger partial charge in [-0.15, -0.1) is 6.58 Å². The number of hydrogen-bond acceptors (Lipinski definition) is 8. The first-order valence-electron chi connectivity index (χ1n) is 8.19. The molecule has 1 aliphatic rings. The minimum absolute atomic E-state index is 0.0117. The van der Waals surface area contributed by atoms with Gasteiger partial charge >= 0.3 is 0 Å². The van der Waals surface area contributed by atoms with Crippen molar-refractivity contribution < 1.29 is 39.0 Å². The molecule has 0 aromatic rings. The molecule has 1 aliphatic heterocycles. The third-order valence-corrected chi connectivity index (χ3v) is 3.67. The Bertz CT molecular complexity index is 327. The van der Waals surface area contributed by atoms with E-state index in [1.165, 1.54) is 0 Å². The molecular weight excluding hydrogens is 320 g/mol. The van der Waals surface area contributed by atoms with E-state index in [4.69, 9.17) is 23.7 Å². The van der Waals surface area contributed by atoms with Crippen LogP contribution in [0.15, 0.2) is 12.7 Å². The molecule has 0 saturated carbocycles. The fraction of sp³-hybridized carbons (Fsp3) is 0.875. The molecule has 8 heteroatoms. The monoisotopic (exact) mass is 350 g/mol. The van der Waals surface area contributed by atoms with E-state index in [1.807, 2.05) is 0 Å². The minimum Gasteiger partial charge on any atom is -0.393 e. The van der Waals surface area contributed by atoms with Gasteiger partial charge in [0.15, 0.2) is 0 Å². The maximum Gasteiger partial charge on any atom is 0.142 e. The third kappa shape index (κ3) is 7.54. The lowest BCUT2D eigenvalue weighted by atomic mass is 9.90. The highest BCUT2D eigenvalue weighted by Crippen LogP contribution is 2.26. The zero-order valence-electron chi connectivity index (χ0n) is 14.1. The quantitative estimate of drug-likeness (QED) is 0.274. The van der Waals surface area contributed by atoms with Gasteiger partial charge in [-0.1, -0.05) is 6.08 Å². The van der Waals surface area contributed by atoms with Gasteiger partial charge in [0.25, 0.3) is 0 Å². The summed E-state index contributed by atoms with van der Waals surface area (Å²) in [6, 6.07) is 0. The van der Waals surface area contributed by atoms with Crippen molar-refractivity contribution in [2.75, 3.05) is 66.1 Å². The van der Waals surface area contributed by atoms with Crippen molar-refractivity contribution in [3.63, 3.8) is 0 Å². The smallest absolute Gasteiger partial charge is 0.142 e. The van der Waals surface area contributed by atoms with E-state index in [1.54, 1.807) is 6.08 Å². The number of ether oxygens (including phenoxy) is 5. The first-order chi connectivity index (χ1) is 11.7. The second-order valence-electron chi connectivity index (χ2n) is 5.51. The molecule has 1 fully saturated rings. The Morgan fingerprint density at radius 3 is 2.17 bits per heavy atom.